The molecule has 0 bridgehead atoms. The smallest absolute Gasteiger partial charge is 0.234 e. The zero-order valence-electron chi connectivity index (χ0n) is 11.1. The minimum atomic E-state index is 0.0742. The quantitative estimate of drug-likeness (QED) is 0.790. The first-order valence-electron chi connectivity index (χ1n) is 5.90. The summed E-state index contributed by atoms with van der Waals surface area (Å²) in [5.74, 6) is 0.563. The van der Waals surface area contributed by atoms with E-state index in [2.05, 4.69) is 24.3 Å². The molecule has 0 aromatic carbocycles. The fraction of sp³-hybridized carbons (Fsp3) is 0.667. The SMILES string of the molecule is CC(C)CNC(=O)CN(C)Cc1cnn(C)c1. The van der Waals surface area contributed by atoms with E-state index in [1.54, 1.807) is 4.68 Å². The van der Waals surface area contributed by atoms with Crippen LogP contribution in [0.4, 0.5) is 0 Å². The van der Waals surface area contributed by atoms with Gasteiger partial charge in [-0.2, -0.15) is 5.10 Å². The molecule has 5 nitrogen and oxygen atoms in total. The van der Waals surface area contributed by atoms with Crippen LogP contribution in [0.25, 0.3) is 0 Å². The van der Waals surface area contributed by atoms with Gasteiger partial charge in [0.15, 0.2) is 0 Å². The lowest BCUT2D eigenvalue weighted by molar-refractivity contribution is -0.122. The van der Waals surface area contributed by atoms with Gasteiger partial charge in [0.25, 0.3) is 0 Å². The van der Waals surface area contributed by atoms with Crippen LogP contribution in [0.1, 0.15) is 19.4 Å². The molecule has 0 saturated carbocycles. The molecule has 0 saturated heterocycles. The van der Waals surface area contributed by atoms with Crippen LogP contribution in [0.2, 0.25) is 0 Å². The van der Waals surface area contributed by atoms with E-state index < -0.39 is 0 Å². The van der Waals surface area contributed by atoms with E-state index in [1.807, 2.05) is 31.4 Å². The number of hydrogen-bond acceptors (Lipinski definition) is 3. The molecule has 0 spiro atoms. The van der Waals surface area contributed by atoms with Gasteiger partial charge in [0.1, 0.15) is 0 Å². The summed E-state index contributed by atoms with van der Waals surface area (Å²) in [6, 6.07) is 0. The maximum Gasteiger partial charge on any atom is 0.234 e. The minimum Gasteiger partial charge on any atom is -0.355 e. The number of aromatic nitrogens is 2. The van der Waals surface area contributed by atoms with E-state index in [0.29, 0.717) is 12.5 Å². The van der Waals surface area contributed by atoms with Crippen molar-refractivity contribution in [2.45, 2.75) is 20.4 Å². The molecule has 1 N–H and O–H groups in total. The maximum absolute atomic E-state index is 11.6. The lowest BCUT2D eigenvalue weighted by Crippen LogP contribution is -2.36. The van der Waals surface area contributed by atoms with Crippen molar-refractivity contribution in [3.63, 3.8) is 0 Å². The van der Waals surface area contributed by atoms with Crippen LogP contribution in [0.3, 0.4) is 0 Å². The molecule has 0 atom stereocenters. The molecule has 96 valence electrons. The van der Waals surface area contributed by atoms with Crippen LogP contribution in [-0.2, 0) is 18.4 Å². The Morgan fingerprint density at radius 1 is 1.59 bits per heavy atom. The Morgan fingerprint density at radius 2 is 2.29 bits per heavy atom. The molecule has 0 fully saturated rings. The van der Waals surface area contributed by atoms with E-state index in [-0.39, 0.29) is 5.91 Å². The Balaban J connectivity index is 2.29. The molecule has 1 heterocycles. The number of likely N-dealkylation sites (N-methyl/N-ethyl adjacent to an activating group) is 1. The van der Waals surface area contributed by atoms with Crippen LogP contribution >= 0.6 is 0 Å². The fourth-order valence-electron chi connectivity index (χ4n) is 1.54. The topological polar surface area (TPSA) is 50.2 Å². The molecular weight excluding hydrogens is 216 g/mol. The van der Waals surface area contributed by atoms with Crippen molar-refractivity contribution in [2.75, 3.05) is 20.1 Å². The van der Waals surface area contributed by atoms with Crippen molar-refractivity contribution in [3.8, 4) is 0 Å². The highest BCUT2D eigenvalue weighted by molar-refractivity contribution is 5.77. The van der Waals surface area contributed by atoms with Gasteiger partial charge in [-0.15, -0.1) is 0 Å². The van der Waals surface area contributed by atoms with Gasteiger partial charge < -0.3 is 5.32 Å². The van der Waals surface area contributed by atoms with Crippen LogP contribution in [0.15, 0.2) is 12.4 Å². The van der Waals surface area contributed by atoms with Gasteiger partial charge in [-0.25, -0.2) is 0 Å². The summed E-state index contributed by atoms with van der Waals surface area (Å²) in [5, 5.41) is 7.00. The summed E-state index contributed by atoms with van der Waals surface area (Å²) in [6.45, 7) is 6.06. The van der Waals surface area contributed by atoms with Gasteiger partial charge in [-0.05, 0) is 13.0 Å². The standard InChI is InChI=1S/C12H22N4O/c1-10(2)5-13-12(17)9-15(3)7-11-6-14-16(4)8-11/h6,8,10H,5,7,9H2,1-4H3,(H,13,17). The molecule has 1 aromatic heterocycles. The monoisotopic (exact) mass is 238 g/mol. The van der Waals surface area contributed by atoms with Gasteiger partial charge in [-0.1, -0.05) is 13.8 Å². The largest absolute Gasteiger partial charge is 0.355 e. The number of carbonyl (C=O) groups excluding carboxylic acids is 1. The number of nitrogens with one attached hydrogen (secondary N) is 1. The summed E-state index contributed by atoms with van der Waals surface area (Å²) in [5.41, 5.74) is 1.12. The number of aryl methyl sites for hydroxylation is 1. The lowest BCUT2D eigenvalue weighted by Gasteiger charge is -2.15. The van der Waals surface area contributed by atoms with Crippen molar-refractivity contribution < 1.29 is 4.79 Å². The number of carbonyl (C=O) groups is 1. The van der Waals surface area contributed by atoms with E-state index in [0.717, 1.165) is 18.7 Å². The van der Waals surface area contributed by atoms with Crippen LogP contribution in [0.5, 0.6) is 0 Å². The summed E-state index contributed by atoms with van der Waals surface area (Å²) < 4.78 is 1.77. The Hall–Kier alpha value is -1.36. The van der Waals surface area contributed by atoms with Gasteiger partial charge >= 0.3 is 0 Å². The van der Waals surface area contributed by atoms with Crippen LogP contribution in [0, 0.1) is 5.92 Å². The molecule has 1 amide bonds. The Kier molecular flexibility index (Phi) is 5.15. The Labute approximate surface area is 103 Å². The molecular formula is C12H22N4O. The molecule has 0 aliphatic heterocycles. The van der Waals surface area contributed by atoms with Gasteiger partial charge in [-0.3, -0.25) is 14.4 Å². The molecule has 0 aliphatic carbocycles. The molecule has 1 rings (SSSR count). The summed E-state index contributed by atoms with van der Waals surface area (Å²) in [6.07, 6.45) is 3.78. The predicted molar refractivity (Wildman–Crippen MR) is 67.4 cm³/mol. The number of amides is 1. The Bertz CT molecular complexity index is 359. The van der Waals surface area contributed by atoms with Crippen molar-refractivity contribution >= 4 is 5.91 Å². The summed E-state index contributed by atoms with van der Waals surface area (Å²) in [4.78, 5) is 13.6. The van der Waals surface area contributed by atoms with Gasteiger partial charge in [0.05, 0.1) is 12.7 Å². The van der Waals surface area contributed by atoms with Crippen molar-refractivity contribution in [3.05, 3.63) is 18.0 Å². The minimum absolute atomic E-state index is 0.0742. The van der Waals surface area contributed by atoms with E-state index in [9.17, 15) is 4.79 Å². The molecule has 0 aliphatic rings. The normalized spacial score (nSPS) is 11.2. The second-order valence-electron chi connectivity index (χ2n) is 4.89. The fourth-order valence-corrected chi connectivity index (χ4v) is 1.54. The van der Waals surface area contributed by atoms with Crippen LogP contribution < -0.4 is 5.32 Å². The highest BCUT2D eigenvalue weighted by Gasteiger charge is 2.08. The van der Waals surface area contributed by atoms with Crippen molar-refractivity contribution in [2.24, 2.45) is 13.0 Å². The third-order valence-corrected chi connectivity index (χ3v) is 2.33. The second kappa shape index (κ2) is 6.39. The van der Waals surface area contributed by atoms with E-state index in [4.69, 9.17) is 0 Å². The molecule has 5 heteroatoms. The molecule has 1 aromatic rings. The molecule has 0 unspecified atom stereocenters. The first-order chi connectivity index (χ1) is 7.97. The average molecular weight is 238 g/mol. The Morgan fingerprint density at radius 3 is 2.82 bits per heavy atom. The maximum atomic E-state index is 11.6. The predicted octanol–water partition coefficient (Wildman–Crippen LogP) is 0.624. The number of hydrogen-bond donors (Lipinski definition) is 1. The van der Waals surface area contributed by atoms with Gasteiger partial charge in [0.2, 0.25) is 5.91 Å². The first kappa shape index (κ1) is 13.7. The van der Waals surface area contributed by atoms with Crippen molar-refractivity contribution in [1.82, 2.24) is 20.0 Å². The molecule has 0 radical (unpaired) electrons. The second-order valence-corrected chi connectivity index (χ2v) is 4.89. The molecule has 17 heavy (non-hydrogen) atoms. The number of nitrogens with zero attached hydrogens (tertiary/aromatic N) is 3. The summed E-state index contributed by atoms with van der Waals surface area (Å²) >= 11 is 0. The van der Waals surface area contributed by atoms with E-state index >= 15 is 0 Å². The highest BCUT2D eigenvalue weighted by atomic mass is 16.2. The lowest BCUT2D eigenvalue weighted by atomic mass is 10.2. The highest BCUT2D eigenvalue weighted by Crippen LogP contribution is 2.00. The zero-order chi connectivity index (χ0) is 12.8. The summed E-state index contributed by atoms with van der Waals surface area (Å²) in [7, 11) is 3.82. The third kappa shape index (κ3) is 5.49. The van der Waals surface area contributed by atoms with Crippen LogP contribution in [-0.4, -0.2) is 40.7 Å². The average Bonchev–Trinajstić information content (AvgIpc) is 2.60. The first-order valence-corrected chi connectivity index (χ1v) is 5.90. The number of rotatable bonds is 6. The third-order valence-electron chi connectivity index (χ3n) is 2.33. The van der Waals surface area contributed by atoms with Crippen molar-refractivity contribution in [1.29, 1.82) is 0 Å². The zero-order valence-corrected chi connectivity index (χ0v) is 11.1. The van der Waals surface area contributed by atoms with Gasteiger partial charge in [0, 0.05) is 31.9 Å². The van der Waals surface area contributed by atoms with E-state index in [1.165, 1.54) is 0 Å².